The zero-order chi connectivity index (χ0) is 25.6. The van der Waals surface area contributed by atoms with Crippen LogP contribution in [0.4, 0.5) is 11.4 Å². The number of nitrogens with zero attached hydrogens (tertiary/aromatic N) is 2. The summed E-state index contributed by atoms with van der Waals surface area (Å²) in [4.78, 5) is 33.2. The molecule has 0 spiro atoms. The van der Waals surface area contributed by atoms with Crippen LogP contribution in [0.2, 0.25) is 0 Å². The second kappa shape index (κ2) is 14.9. The number of hydrogen-bond donors (Lipinski definition) is 1. The molecule has 0 aliphatic heterocycles. The highest BCUT2D eigenvalue weighted by molar-refractivity contribution is 5.95. The van der Waals surface area contributed by atoms with Gasteiger partial charge in [0.1, 0.15) is 0 Å². The zero-order valence-corrected chi connectivity index (χ0v) is 20.8. The Labute approximate surface area is 207 Å². The molecule has 0 unspecified atom stereocenters. The summed E-state index contributed by atoms with van der Waals surface area (Å²) in [5.74, 6) is -0.598. The van der Waals surface area contributed by atoms with Gasteiger partial charge in [0.15, 0.2) is 0 Å². The van der Waals surface area contributed by atoms with Gasteiger partial charge in [-0.05, 0) is 30.9 Å². The molecule has 2 aromatic carbocycles. The quantitative estimate of drug-likeness (QED) is 0.151. The van der Waals surface area contributed by atoms with Gasteiger partial charge in [0.25, 0.3) is 17.3 Å². The maximum Gasteiger partial charge on any atom is 0.277 e. The van der Waals surface area contributed by atoms with Crippen molar-refractivity contribution >= 4 is 17.3 Å². The molecule has 0 saturated carbocycles. The lowest BCUT2D eigenvalue weighted by molar-refractivity contribution is -0.394. The first kappa shape index (κ1) is 28.0. The molecule has 0 saturated heterocycles. The monoisotopic (exact) mass is 483 g/mol. The van der Waals surface area contributed by atoms with Crippen molar-refractivity contribution in [2.75, 3.05) is 0 Å². The number of benzene rings is 2. The van der Waals surface area contributed by atoms with E-state index in [2.05, 4.69) is 24.4 Å². The van der Waals surface area contributed by atoms with E-state index >= 15 is 0 Å². The molecule has 2 rings (SSSR count). The minimum atomic E-state index is -0.749. The Morgan fingerprint density at radius 1 is 0.800 bits per heavy atom. The van der Waals surface area contributed by atoms with Gasteiger partial charge in [-0.15, -0.1) is 0 Å². The van der Waals surface area contributed by atoms with Gasteiger partial charge in [-0.3, -0.25) is 25.0 Å². The Morgan fingerprint density at radius 2 is 1.29 bits per heavy atom. The lowest BCUT2D eigenvalue weighted by Crippen LogP contribution is -2.26. The molecule has 0 aliphatic rings. The van der Waals surface area contributed by atoms with Gasteiger partial charge in [-0.2, -0.15) is 0 Å². The molecule has 0 aliphatic carbocycles. The van der Waals surface area contributed by atoms with Crippen LogP contribution in [0.25, 0.3) is 0 Å². The van der Waals surface area contributed by atoms with Gasteiger partial charge in [0, 0.05) is 12.1 Å². The van der Waals surface area contributed by atoms with Crippen molar-refractivity contribution in [3.63, 3.8) is 0 Å². The fourth-order valence-corrected chi connectivity index (χ4v) is 4.09. The Bertz CT molecular complexity index is 943. The number of aryl methyl sites for hydroxylation is 1. The van der Waals surface area contributed by atoms with Crippen molar-refractivity contribution in [3.05, 3.63) is 79.4 Å². The van der Waals surface area contributed by atoms with Crippen LogP contribution in [0.5, 0.6) is 0 Å². The summed E-state index contributed by atoms with van der Waals surface area (Å²) in [7, 11) is 0. The number of rotatable bonds is 16. The third kappa shape index (κ3) is 9.84. The van der Waals surface area contributed by atoms with Crippen LogP contribution in [-0.4, -0.2) is 15.8 Å². The van der Waals surface area contributed by atoms with Crippen LogP contribution in [-0.2, 0) is 6.42 Å². The largest absolute Gasteiger partial charge is 0.346 e. The molecule has 1 atom stereocenters. The Kier molecular flexibility index (Phi) is 11.9. The van der Waals surface area contributed by atoms with E-state index in [1.54, 1.807) is 6.92 Å². The molecule has 1 amide bonds. The first-order valence-electron chi connectivity index (χ1n) is 12.7. The summed E-state index contributed by atoms with van der Waals surface area (Å²) in [5.41, 5.74) is 1.04. The highest BCUT2D eigenvalue weighted by atomic mass is 16.6. The van der Waals surface area contributed by atoms with Crippen LogP contribution < -0.4 is 5.32 Å². The van der Waals surface area contributed by atoms with E-state index < -0.39 is 27.1 Å². The minimum Gasteiger partial charge on any atom is -0.346 e. The van der Waals surface area contributed by atoms with Crippen molar-refractivity contribution < 1.29 is 14.6 Å². The molecule has 0 aromatic heterocycles. The van der Waals surface area contributed by atoms with Crippen LogP contribution in [0.1, 0.15) is 106 Å². The van der Waals surface area contributed by atoms with Gasteiger partial charge >= 0.3 is 0 Å². The maximum absolute atomic E-state index is 12.6. The van der Waals surface area contributed by atoms with Crippen molar-refractivity contribution in [2.45, 2.75) is 90.5 Å². The van der Waals surface area contributed by atoms with Gasteiger partial charge in [0.2, 0.25) is 0 Å². The predicted octanol–water partition coefficient (Wildman–Crippen LogP) is 7.46. The number of nitro benzene ring substituents is 2. The molecular formula is C27H37N3O5. The molecule has 8 heteroatoms. The molecule has 2 aromatic rings. The first-order chi connectivity index (χ1) is 16.8. The molecular weight excluding hydrogens is 446 g/mol. The molecule has 1 N–H and O–H groups in total. The Balaban J connectivity index is 1.79. The molecule has 0 bridgehead atoms. The van der Waals surface area contributed by atoms with E-state index in [9.17, 15) is 25.0 Å². The molecule has 0 heterocycles. The predicted molar refractivity (Wildman–Crippen MR) is 138 cm³/mol. The molecule has 0 fully saturated rings. The summed E-state index contributed by atoms with van der Waals surface area (Å²) in [6, 6.07) is 10.6. The van der Waals surface area contributed by atoms with Gasteiger partial charge in [-0.25, -0.2) is 0 Å². The second-order valence-electron chi connectivity index (χ2n) is 9.12. The number of unbranched alkanes of at least 4 members (excludes halogenated alkanes) is 9. The summed E-state index contributed by atoms with van der Waals surface area (Å²) < 4.78 is 0. The van der Waals surface area contributed by atoms with Crippen molar-refractivity contribution in [1.29, 1.82) is 0 Å². The maximum atomic E-state index is 12.6. The standard InChI is InChI=1S/C27H37N3O5/c1-3-4-5-6-7-8-9-10-11-12-13-22-14-16-23(17-15-22)21(2)28-27(31)24-18-25(29(32)33)20-26(19-24)30(34)35/h14-21H,3-13H2,1-2H3,(H,28,31)/t21-/m1/s1. The Hall–Kier alpha value is -3.29. The van der Waals surface area contributed by atoms with E-state index in [0.717, 1.165) is 36.6 Å². The number of amides is 1. The van der Waals surface area contributed by atoms with Crippen LogP contribution >= 0.6 is 0 Å². The lowest BCUT2D eigenvalue weighted by Gasteiger charge is -2.15. The fraction of sp³-hybridized carbons (Fsp3) is 0.519. The van der Waals surface area contributed by atoms with Crippen LogP contribution in [0, 0.1) is 20.2 Å². The smallest absolute Gasteiger partial charge is 0.277 e. The van der Waals surface area contributed by atoms with E-state index in [0.29, 0.717) is 0 Å². The summed E-state index contributed by atoms with van der Waals surface area (Å²) in [6.45, 7) is 4.05. The average Bonchev–Trinajstić information content (AvgIpc) is 2.85. The minimum absolute atomic E-state index is 0.115. The van der Waals surface area contributed by atoms with Gasteiger partial charge in [-0.1, -0.05) is 89.0 Å². The van der Waals surface area contributed by atoms with Crippen molar-refractivity contribution in [2.24, 2.45) is 0 Å². The summed E-state index contributed by atoms with van der Waals surface area (Å²) in [6.07, 6.45) is 14.1. The van der Waals surface area contributed by atoms with E-state index in [-0.39, 0.29) is 11.6 Å². The third-order valence-corrected chi connectivity index (χ3v) is 6.23. The number of carbonyl (C=O) groups excluding carboxylic acids is 1. The number of nitrogens with one attached hydrogen (secondary N) is 1. The summed E-state index contributed by atoms with van der Waals surface area (Å²) >= 11 is 0. The molecule has 190 valence electrons. The van der Waals surface area contributed by atoms with E-state index in [4.69, 9.17) is 0 Å². The second-order valence-corrected chi connectivity index (χ2v) is 9.12. The van der Waals surface area contributed by atoms with Crippen LogP contribution in [0.15, 0.2) is 42.5 Å². The third-order valence-electron chi connectivity index (χ3n) is 6.23. The average molecular weight is 484 g/mol. The number of nitro groups is 2. The van der Waals surface area contributed by atoms with Gasteiger partial charge < -0.3 is 5.32 Å². The van der Waals surface area contributed by atoms with Crippen LogP contribution in [0.3, 0.4) is 0 Å². The highest BCUT2D eigenvalue weighted by Gasteiger charge is 2.21. The van der Waals surface area contributed by atoms with Crippen molar-refractivity contribution in [3.8, 4) is 0 Å². The number of non-ortho nitro benzene ring substituents is 2. The topological polar surface area (TPSA) is 115 Å². The Morgan fingerprint density at radius 3 is 1.77 bits per heavy atom. The number of hydrogen-bond acceptors (Lipinski definition) is 5. The number of carbonyl (C=O) groups is 1. The highest BCUT2D eigenvalue weighted by Crippen LogP contribution is 2.24. The fourth-order valence-electron chi connectivity index (χ4n) is 4.09. The van der Waals surface area contributed by atoms with E-state index in [1.165, 1.54) is 63.4 Å². The first-order valence-corrected chi connectivity index (χ1v) is 12.7. The molecule has 35 heavy (non-hydrogen) atoms. The lowest BCUT2D eigenvalue weighted by atomic mass is 10.0. The SMILES string of the molecule is CCCCCCCCCCCCc1ccc([C@@H](C)NC(=O)c2cc([N+](=O)[O-])cc([N+](=O)[O-])c2)cc1. The zero-order valence-electron chi connectivity index (χ0n) is 20.8. The van der Waals surface area contributed by atoms with E-state index in [1.807, 2.05) is 12.1 Å². The van der Waals surface area contributed by atoms with Gasteiger partial charge in [0.05, 0.1) is 27.5 Å². The normalized spacial score (nSPS) is 11.7. The molecule has 8 nitrogen and oxygen atoms in total. The molecule has 0 radical (unpaired) electrons. The van der Waals surface area contributed by atoms with Crippen molar-refractivity contribution in [1.82, 2.24) is 5.32 Å². The summed E-state index contributed by atoms with van der Waals surface area (Å²) in [5, 5.41) is 24.9.